The minimum atomic E-state index is -1.86. The van der Waals surface area contributed by atoms with Gasteiger partial charge >= 0.3 is 0 Å². The Labute approximate surface area is 609 Å². The Bertz CT molecular complexity index is 4250. The molecule has 31 heteroatoms. The van der Waals surface area contributed by atoms with Gasteiger partial charge in [0.05, 0.1) is 6.61 Å². The lowest BCUT2D eigenvalue weighted by Crippen LogP contribution is -2.62. The molecule has 1 aliphatic rings. The number of primary amides is 1. The summed E-state index contributed by atoms with van der Waals surface area (Å²) in [5, 5.41) is 57.5. The van der Waals surface area contributed by atoms with Gasteiger partial charge in [-0.1, -0.05) is 98.2 Å². The molecule has 2 aromatic heterocycles. The van der Waals surface area contributed by atoms with E-state index in [1.807, 2.05) is 0 Å². The number of carbonyl (C=O) groups excluding carboxylic acids is 11. The number of nitrogens with two attached hydrogens (primary N) is 2. The van der Waals surface area contributed by atoms with Crippen LogP contribution in [0.4, 0.5) is 4.39 Å². The van der Waals surface area contributed by atoms with Crippen molar-refractivity contribution in [2.75, 3.05) is 19.7 Å². The highest BCUT2D eigenvalue weighted by Crippen LogP contribution is 2.24. The van der Waals surface area contributed by atoms with Gasteiger partial charge in [-0.05, 0) is 121 Å². The summed E-state index contributed by atoms with van der Waals surface area (Å²) in [7, 11) is 0. The number of aromatic nitrogens is 2. The van der Waals surface area contributed by atoms with Gasteiger partial charge in [0, 0.05) is 91.3 Å². The van der Waals surface area contributed by atoms with Gasteiger partial charge in [0.1, 0.15) is 72.0 Å². The van der Waals surface area contributed by atoms with Crippen LogP contribution in [0, 0.1) is 17.1 Å². The number of rotatable bonds is 36. The number of aromatic amines is 2. The Hall–Kier alpha value is -11.4. The number of aliphatic hydroxyl groups is 1. The second-order valence-corrected chi connectivity index (χ2v) is 26.9. The Morgan fingerprint density at radius 3 is 1.45 bits per heavy atom. The third-order valence-corrected chi connectivity index (χ3v) is 18.1. The van der Waals surface area contributed by atoms with Crippen molar-refractivity contribution in [2.45, 2.75) is 152 Å². The van der Waals surface area contributed by atoms with E-state index in [-0.39, 0.29) is 88.5 Å². The molecule has 3 heterocycles. The number of fused-ring (bicyclic) bond motifs is 2. The minimum absolute atomic E-state index is 0.00105. The molecule has 19 N–H and O–H groups in total. The van der Waals surface area contributed by atoms with E-state index in [1.165, 1.54) is 67.3 Å². The first kappa shape index (κ1) is 79.3. The number of carbonyl (C=O) groups is 11. The Morgan fingerprint density at radius 2 is 0.981 bits per heavy atom. The fraction of sp³-hybridized carbons (Fsp3) is 0.378. The van der Waals surface area contributed by atoms with Gasteiger partial charge in [-0.25, -0.2) is 4.39 Å². The lowest BCUT2D eigenvalue weighted by molar-refractivity contribution is -0.142. The summed E-state index contributed by atoms with van der Waals surface area (Å²) in [6, 6.07) is 17.5. The summed E-state index contributed by atoms with van der Waals surface area (Å²) >= 11 is 6.23. The van der Waals surface area contributed by atoms with Crippen molar-refractivity contribution in [3.05, 3.63) is 172 Å². The highest BCUT2D eigenvalue weighted by Gasteiger charge is 2.41. The van der Waals surface area contributed by atoms with Gasteiger partial charge in [-0.3, -0.25) is 58.1 Å². The van der Waals surface area contributed by atoms with Gasteiger partial charge in [0.15, 0.2) is 5.96 Å². The zero-order chi connectivity index (χ0) is 76.0. The Balaban J connectivity index is 1.07. The predicted octanol–water partition coefficient (Wildman–Crippen LogP) is 1.84. The molecule has 8 rings (SSSR count). The van der Waals surface area contributed by atoms with Crippen molar-refractivity contribution in [2.24, 2.45) is 17.4 Å². The molecule has 0 radical (unpaired) electrons. The zero-order valence-electron chi connectivity index (χ0n) is 58.5. The molecular formula is C74H90ClFN16O13. The Kier molecular flexibility index (Phi) is 28.5. The molecule has 0 saturated carbocycles. The van der Waals surface area contributed by atoms with E-state index in [2.05, 4.69) is 63.1 Å². The SMILES string of the molecule is CC(=O)NC(Cc1ccc(F)cc1)C(=O)NC(Cc1ccc(Cl)cc1)C(=O)NC(Cc1c[nH]c2ccccc12)C(=O)NC(CO)C(=O)NC(Cc1ccc(O)cc1)C(=O)NC(Cc1c[nH]c2ccccc12)C(=O)NC(CC(C)C)C(=O)NC(CCCNC(=N)N)C(=O)N1CCCC1C(=O)NC(C)C(N)=O. The standard InChI is InChI=1S/C74H90ClFN16O13/c1-40(2)31-56(65(97)85-55(15-9-29-80-74(78)79)73(105)92-30-10-16-63(92)72(104)83-41(3)64(77)96)86-69(101)60(35-46-37-81-53-13-7-5-11-51(46)53)89-68(100)59(34-45-21-27-50(95)28-22-45)88-71(103)62(39-93)91-70(102)61(36-47-38-82-54-14-8-6-12-52(47)54)90-67(99)58(33-43-17-23-48(75)24-18-43)87-66(98)57(84-42(4)94)32-44-19-25-49(76)26-20-44/h5-8,11-14,17-28,37-38,40-41,55-63,81-82,93,95H,9-10,15-16,29-36,39H2,1-4H3,(H2,77,96)(H,83,104)(H,84,94)(H,85,97)(H,86,101)(H,87,98)(H,88,103)(H,89,100)(H,90,99)(H,91,102)(H4,78,79,80). The number of H-pyrrole nitrogens is 2. The van der Waals surface area contributed by atoms with Crippen LogP contribution < -0.4 is 64.6 Å². The van der Waals surface area contributed by atoms with E-state index < -0.39 is 138 Å². The van der Waals surface area contributed by atoms with Crippen LogP contribution in [-0.2, 0) is 84.8 Å². The molecule has 558 valence electrons. The molecule has 5 aromatic carbocycles. The van der Waals surface area contributed by atoms with Gasteiger partial charge in [-0.2, -0.15) is 0 Å². The molecule has 1 aliphatic heterocycles. The van der Waals surface area contributed by atoms with Crippen LogP contribution in [0.3, 0.4) is 0 Å². The Morgan fingerprint density at radius 1 is 0.562 bits per heavy atom. The maximum atomic E-state index is 15.2. The number of nitrogens with zero attached hydrogens (tertiary/aromatic N) is 1. The van der Waals surface area contributed by atoms with Crippen LogP contribution in [0.15, 0.2) is 134 Å². The van der Waals surface area contributed by atoms with Crippen LogP contribution in [0.2, 0.25) is 5.02 Å². The lowest BCUT2D eigenvalue weighted by Gasteiger charge is -2.31. The first-order valence-electron chi connectivity index (χ1n) is 34.5. The molecule has 0 spiro atoms. The monoisotopic (exact) mass is 1460 g/mol. The number of aromatic hydroxyl groups is 1. The van der Waals surface area contributed by atoms with Crippen molar-refractivity contribution >= 4 is 104 Å². The number of halogens is 2. The van der Waals surface area contributed by atoms with E-state index in [0.717, 1.165) is 0 Å². The van der Waals surface area contributed by atoms with E-state index in [9.17, 15) is 53.0 Å². The second kappa shape index (κ2) is 37.7. The summed E-state index contributed by atoms with van der Waals surface area (Å²) in [5.74, 6) is -10.4. The van der Waals surface area contributed by atoms with E-state index in [0.29, 0.717) is 61.1 Å². The lowest BCUT2D eigenvalue weighted by atomic mass is 9.99. The number of nitrogens with one attached hydrogen (secondary N) is 13. The number of hydrogen-bond donors (Lipinski definition) is 17. The van der Waals surface area contributed by atoms with Gasteiger partial charge in [0.25, 0.3) is 0 Å². The van der Waals surface area contributed by atoms with Crippen molar-refractivity contribution in [3.63, 3.8) is 0 Å². The first-order chi connectivity index (χ1) is 50.1. The van der Waals surface area contributed by atoms with Crippen LogP contribution in [-0.4, -0.2) is 176 Å². The fourth-order valence-electron chi connectivity index (χ4n) is 12.4. The van der Waals surface area contributed by atoms with Gasteiger partial charge in [0.2, 0.25) is 65.0 Å². The molecule has 1 fully saturated rings. The highest BCUT2D eigenvalue weighted by atomic mass is 35.5. The average Bonchev–Trinajstić information content (AvgIpc) is 1.74. The predicted molar refractivity (Wildman–Crippen MR) is 389 cm³/mol. The number of hydrogen-bond acceptors (Lipinski definition) is 14. The zero-order valence-corrected chi connectivity index (χ0v) is 59.2. The molecule has 0 bridgehead atoms. The number of para-hydroxylation sites is 2. The third kappa shape index (κ3) is 23.0. The molecule has 0 aliphatic carbocycles. The quantitative estimate of drug-likeness (QED) is 0.0151. The van der Waals surface area contributed by atoms with Crippen molar-refractivity contribution in [1.82, 2.24) is 68.0 Å². The number of likely N-dealkylation sites (tertiary alicyclic amines) is 1. The fourth-order valence-corrected chi connectivity index (χ4v) is 12.5. The number of benzene rings is 5. The van der Waals surface area contributed by atoms with E-state index in [4.69, 9.17) is 28.5 Å². The minimum Gasteiger partial charge on any atom is -0.508 e. The van der Waals surface area contributed by atoms with Crippen LogP contribution in [0.25, 0.3) is 21.8 Å². The summed E-state index contributed by atoms with van der Waals surface area (Å²) < 4.78 is 14.0. The largest absolute Gasteiger partial charge is 0.508 e. The number of amides is 11. The van der Waals surface area contributed by atoms with Crippen LogP contribution in [0.1, 0.15) is 87.6 Å². The maximum Gasteiger partial charge on any atom is 0.245 e. The summed E-state index contributed by atoms with van der Waals surface area (Å²) in [4.78, 5) is 164. The van der Waals surface area contributed by atoms with Crippen LogP contribution in [0.5, 0.6) is 5.75 Å². The van der Waals surface area contributed by atoms with Crippen molar-refractivity contribution in [3.8, 4) is 5.75 Å². The molecule has 10 atom stereocenters. The van der Waals surface area contributed by atoms with Gasteiger partial charge < -0.3 is 89.7 Å². The first-order valence-corrected chi connectivity index (χ1v) is 34.9. The smallest absolute Gasteiger partial charge is 0.245 e. The second-order valence-electron chi connectivity index (χ2n) is 26.5. The molecule has 11 amide bonds. The molecule has 10 unspecified atom stereocenters. The third-order valence-electron chi connectivity index (χ3n) is 17.9. The van der Waals surface area contributed by atoms with Crippen molar-refractivity contribution in [1.29, 1.82) is 5.41 Å². The van der Waals surface area contributed by atoms with E-state index in [1.54, 1.807) is 99.0 Å². The number of phenolic OH excluding ortho intramolecular Hbond substituents is 1. The topological polar surface area (TPSA) is 459 Å². The van der Waals surface area contributed by atoms with Crippen LogP contribution >= 0.6 is 11.6 Å². The van der Waals surface area contributed by atoms with Crippen molar-refractivity contribution < 1.29 is 67.3 Å². The molecule has 29 nitrogen and oxygen atoms in total. The van der Waals surface area contributed by atoms with Gasteiger partial charge in [-0.15, -0.1) is 0 Å². The maximum absolute atomic E-state index is 15.2. The van der Waals surface area contributed by atoms with E-state index >= 15 is 14.4 Å². The molecule has 1 saturated heterocycles. The number of phenols is 1. The normalized spacial score (nSPS) is 15.3. The summed E-state index contributed by atoms with van der Waals surface area (Å²) in [6.07, 6.45) is 3.02. The highest BCUT2D eigenvalue weighted by molar-refractivity contribution is 6.30. The molecule has 7 aromatic rings. The number of guanidine groups is 1. The molecule has 105 heavy (non-hydrogen) atoms. The average molecular weight is 1470 g/mol. The summed E-state index contributed by atoms with van der Waals surface area (Å²) in [6.45, 7) is 5.36. The summed E-state index contributed by atoms with van der Waals surface area (Å²) in [5.41, 5.74) is 14.8. The number of aliphatic hydroxyl groups excluding tert-OH is 1. The molecular weight excluding hydrogens is 1380 g/mol.